The fourth-order valence-corrected chi connectivity index (χ4v) is 3.30. The number of benzene rings is 2. The molecule has 2 atom stereocenters. The van der Waals surface area contributed by atoms with Crippen LogP contribution in [0, 0.1) is 0 Å². The zero-order chi connectivity index (χ0) is 14.4. The molecule has 1 N–H and O–H groups in total. The number of alkyl halides is 1. The Morgan fingerprint density at radius 1 is 1.24 bits per heavy atom. The topological polar surface area (TPSA) is 55.2 Å². The molecule has 1 aliphatic heterocycles. The molecular formula is C16H12BrNO3. The maximum atomic E-state index is 11.2. The second-order valence-electron chi connectivity index (χ2n) is 5.14. The molecule has 106 valence electrons. The molecular weight excluding hydrogens is 334 g/mol. The van der Waals surface area contributed by atoms with Crippen LogP contribution in [-0.2, 0) is 6.42 Å². The van der Waals surface area contributed by atoms with Gasteiger partial charge in [-0.2, -0.15) is 0 Å². The monoisotopic (exact) mass is 345 g/mol. The lowest BCUT2D eigenvalue weighted by Gasteiger charge is -2.17. The van der Waals surface area contributed by atoms with Crippen molar-refractivity contribution in [3.05, 3.63) is 64.1 Å². The van der Waals surface area contributed by atoms with E-state index in [1.54, 1.807) is 0 Å². The van der Waals surface area contributed by atoms with E-state index in [1.807, 2.05) is 36.4 Å². The van der Waals surface area contributed by atoms with Crippen molar-refractivity contribution in [3.8, 4) is 5.75 Å². The molecule has 0 saturated carbocycles. The first kappa shape index (κ1) is 12.7. The molecule has 1 aromatic heterocycles. The number of halogens is 1. The molecule has 3 aromatic rings. The number of rotatable bonds is 2. The smallest absolute Gasteiger partial charge is 0.417 e. The van der Waals surface area contributed by atoms with Crippen LogP contribution < -0.4 is 10.5 Å². The lowest BCUT2D eigenvalue weighted by molar-refractivity contribution is 0.232. The number of ether oxygens (including phenoxy) is 1. The van der Waals surface area contributed by atoms with Crippen molar-refractivity contribution in [2.75, 3.05) is 0 Å². The maximum Gasteiger partial charge on any atom is 0.417 e. The Morgan fingerprint density at radius 2 is 2.10 bits per heavy atom. The van der Waals surface area contributed by atoms with Crippen LogP contribution in [-0.4, -0.2) is 11.1 Å². The molecule has 4 nitrogen and oxygen atoms in total. The summed E-state index contributed by atoms with van der Waals surface area (Å²) in [7, 11) is 0. The van der Waals surface area contributed by atoms with Crippen molar-refractivity contribution in [3.63, 3.8) is 0 Å². The van der Waals surface area contributed by atoms with E-state index in [0.29, 0.717) is 11.1 Å². The molecule has 0 saturated heterocycles. The van der Waals surface area contributed by atoms with Gasteiger partial charge >= 0.3 is 5.76 Å². The summed E-state index contributed by atoms with van der Waals surface area (Å²) in [5, 5.41) is 0. The van der Waals surface area contributed by atoms with E-state index in [0.717, 1.165) is 17.7 Å². The number of fused-ring (bicyclic) bond motifs is 2. The third-order valence-corrected chi connectivity index (χ3v) is 4.88. The van der Waals surface area contributed by atoms with Crippen molar-refractivity contribution in [2.24, 2.45) is 0 Å². The molecule has 2 aromatic carbocycles. The second-order valence-corrected chi connectivity index (χ2v) is 6.13. The van der Waals surface area contributed by atoms with Crippen LogP contribution in [0.2, 0.25) is 0 Å². The second kappa shape index (κ2) is 4.77. The van der Waals surface area contributed by atoms with Crippen LogP contribution in [0.4, 0.5) is 0 Å². The van der Waals surface area contributed by atoms with Crippen molar-refractivity contribution < 1.29 is 9.15 Å². The lowest BCUT2D eigenvalue weighted by Crippen LogP contribution is -2.19. The van der Waals surface area contributed by atoms with Crippen LogP contribution in [0.15, 0.2) is 51.7 Å². The van der Waals surface area contributed by atoms with Gasteiger partial charge in [-0.3, -0.25) is 4.98 Å². The first-order valence-corrected chi connectivity index (χ1v) is 7.64. The Balaban J connectivity index is 1.65. The van der Waals surface area contributed by atoms with Crippen LogP contribution in [0.1, 0.15) is 16.0 Å². The largest absolute Gasteiger partial charge is 0.488 e. The Kier molecular flexibility index (Phi) is 2.89. The quantitative estimate of drug-likeness (QED) is 0.722. The normalized spacial score (nSPS) is 18.4. The number of nitrogens with one attached hydrogen (secondary N) is 1. The highest BCUT2D eigenvalue weighted by molar-refractivity contribution is 9.09. The van der Waals surface area contributed by atoms with E-state index in [-0.39, 0.29) is 10.9 Å². The fourth-order valence-electron chi connectivity index (χ4n) is 2.72. The zero-order valence-corrected chi connectivity index (χ0v) is 12.6. The minimum Gasteiger partial charge on any atom is -0.488 e. The van der Waals surface area contributed by atoms with Gasteiger partial charge in [-0.15, -0.1) is 0 Å². The number of aromatic amines is 1. The Bertz CT molecular complexity index is 842. The van der Waals surface area contributed by atoms with Crippen LogP contribution in [0.25, 0.3) is 11.1 Å². The summed E-state index contributed by atoms with van der Waals surface area (Å²) in [6.45, 7) is 0. The third kappa shape index (κ3) is 2.17. The molecule has 0 spiro atoms. The van der Waals surface area contributed by atoms with Gasteiger partial charge in [0.2, 0.25) is 0 Å². The van der Waals surface area contributed by atoms with Crippen LogP contribution >= 0.6 is 15.9 Å². The van der Waals surface area contributed by atoms with E-state index in [9.17, 15) is 4.79 Å². The first-order valence-electron chi connectivity index (χ1n) is 6.72. The minimum atomic E-state index is -0.433. The Hall–Kier alpha value is -2.01. The predicted octanol–water partition coefficient (Wildman–Crippen LogP) is 3.56. The van der Waals surface area contributed by atoms with Gasteiger partial charge in [0.25, 0.3) is 0 Å². The number of hydrogen-bond acceptors (Lipinski definition) is 3. The van der Waals surface area contributed by atoms with E-state index in [4.69, 9.17) is 9.15 Å². The highest BCUT2D eigenvalue weighted by Gasteiger charge is 2.29. The van der Waals surface area contributed by atoms with E-state index >= 15 is 0 Å². The van der Waals surface area contributed by atoms with E-state index in [1.165, 1.54) is 5.56 Å². The predicted molar refractivity (Wildman–Crippen MR) is 83.1 cm³/mol. The summed E-state index contributed by atoms with van der Waals surface area (Å²) in [5.74, 6) is 0.513. The molecule has 2 unspecified atom stereocenters. The highest BCUT2D eigenvalue weighted by Crippen LogP contribution is 2.38. The first-order chi connectivity index (χ1) is 10.2. The van der Waals surface area contributed by atoms with Gasteiger partial charge in [0.15, 0.2) is 5.58 Å². The summed E-state index contributed by atoms with van der Waals surface area (Å²) < 4.78 is 11.1. The average molecular weight is 346 g/mol. The molecule has 4 rings (SSSR count). The summed E-state index contributed by atoms with van der Waals surface area (Å²) in [4.78, 5) is 13.9. The standard InChI is InChI=1S/C16H12BrNO3/c17-15(14-7-9-3-1-2-4-12(9)20-14)10-5-6-11-13(8-10)21-16(19)18-11/h1-6,8,14-15H,7H2,(H,18,19). The molecule has 0 aliphatic carbocycles. The van der Waals surface area contributed by atoms with Crippen molar-refractivity contribution in [1.82, 2.24) is 4.98 Å². The molecule has 0 fully saturated rings. The van der Waals surface area contributed by atoms with Crippen LogP contribution in [0.3, 0.4) is 0 Å². The van der Waals surface area contributed by atoms with E-state index in [2.05, 4.69) is 27.0 Å². The van der Waals surface area contributed by atoms with Crippen LogP contribution in [0.5, 0.6) is 5.75 Å². The maximum absolute atomic E-state index is 11.2. The van der Waals surface area contributed by atoms with Gasteiger partial charge in [-0.1, -0.05) is 40.2 Å². The summed E-state index contributed by atoms with van der Waals surface area (Å²) >= 11 is 3.71. The number of hydrogen-bond donors (Lipinski definition) is 1. The van der Waals surface area contributed by atoms with Gasteiger partial charge in [0, 0.05) is 6.42 Å². The van der Waals surface area contributed by atoms with Gasteiger partial charge < -0.3 is 9.15 Å². The third-order valence-electron chi connectivity index (χ3n) is 3.76. The van der Waals surface area contributed by atoms with Crippen molar-refractivity contribution >= 4 is 27.0 Å². The summed E-state index contributed by atoms with van der Waals surface area (Å²) in [6.07, 6.45) is 0.895. The van der Waals surface area contributed by atoms with Gasteiger partial charge in [-0.05, 0) is 29.3 Å². The number of aromatic nitrogens is 1. The molecule has 0 radical (unpaired) electrons. The van der Waals surface area contributed by atoms with Gasteiger partial charge in [0.05, 0.1) is 10.3 Å². The average Bonchev–Trinajstić information content (AvgIpc) is 3.07. The van der Waals surface area contributed by atoms with Crippen molar-refractivity contribution in [2.45, 2.75) is 17.4 Å². The molecule has 5 heteroatoms. The summed E-state index contributed by atoms with van der Waals surface area (Å²) in [5.41, 5.74) is 3.53. The molecule has 2 heterocycles. The van der Waals surface area contributed by atoms with Crippen molar-refractivity contribution in [1.29, 1.82) is 0 Å². The number of para-hydroxylation sites is 1. The van der Waals surface area contributed by atoms with E-state index < -0.39 is 5.76 Å². The Morgan fingerprint density at radius 3 is 2.95 bits per heavy atom. The molecule has 1 aliphatic rings. The Labute approximate surface area is 128 Å². The zero-order valence-electron chi connectivity index (χ0n) is 11.0. The SMILES string of the molecule is O=c1[nH]c2ccc(C(Br)C3Cc4ccccc4O3)cc2o1. The molecule has 0 bridgehead atoms. The summed E-state index contributed by atoms with van der Waals surface area (Å²) in [6, 6.07) is 13.8. The lowest BCUT2D eigenvalue weighted by atomic mass is 10.0. The van der Waals surface area contributed by atoms with Gasteiger partial charge in [0.1, 0.15) is 11.9 Å². The molecule has 21 heavy (non-hydrogen) atoms. The van der Waals surface area contributed by atoms with Gasteiger partial charge in [-0.25, -0.2) is 4.79 Å². The minimum absolute atomic E-state index is 0.0329. The fraction of sp³-hybridized carbons (Fsp3) is 0.188. The molecule has 0 amide bonds. The highest BCUT2D eigenvalue weighted by atomic mass is 79.9. The number of H-pyrrole nitrogens is 1. The number of oxazole rings is 1.